The minimum absolute atomic E-state index is 0.269. The first-order chi connectivity index (χ1) is 21.4. The summed E-state index contributed by atoms with van der Waals surface area (Å²) in [6.07, 6.45) is -0.113. The summed E-state index contributed by atoms with van der Waals surface area (Å²) in [4.78, 5) is 25.5. The molecule has 0 unspecified atom stereocenters. The van der Waals surface area contributed by atoms with E-state index in [1.54, 1.807) is 0 Å². The van der Waals surface area contributed by atoms with E-state index in [9.17, 15) is 9.59 Å². The van der Waals surface area contributed by atoms with E-state index in [0.29, 0.717) is 24.3 Å². The molecular formula is C36H28Br2O6. The van der Waals surface area contributed by atoms with Crippen molar-refractivity contribution in [3.05, 3.63) is 93.9 Å². The molecule has 6 nitrogen and oxygen atoms in total. The molecule has 0 saturated heterocycles. The Morgan fingerprint density at radius 3 is 1.27 bits per heavy atom. The van der Waals surface area contributed by atoms with Gasteiger partial charge >= 0.3 is 12.3 Å². The molecule has 6 rings (SSSR count). The second-order valence-electron chi connectivity index (χ2n) is 10.3. The number of halogens is 2. The number of benzene rings is 6. The maximum atomic E-state index is 12.7. The number of fused-ring (bicyclic) bond motifs is 4. The Morgan fingerprint density at radius 2 is 0.886 bits per heavy atom. The largest absolute Gasteiger partial charge is 0.513 e. The topological polar surface area (TPSA) is 71.1 Å². The van der Waals surface area contributed by atoms with Gasteiger partial charge in [0, 0.05) is 30.5 Å². The van der Waals surface area contributed by atoms with Gasteiger partial charge < -0.3 is 18.9 Å². The summed E-state index contributed by atoms with van der Waals surface area (Å²) in [5, 5.41) is 6.57. The first-order valence-corrected chi connectivity index (χ1v) is 16.0. The summed E-state index contributed by atoms with van der Waals surface area (Å²) in [6.45, 7) is 4.40. The van der Waals surface area contributed by atoms with Gasteiger partial charge in [-0.2, -0.15) is 0 Å². The summed E-state index contributed by atoms with van der Waals surface area (Å²) >= 11 is 7.34. The maximum absolute atomic E-state index is 12.7. The second-order valence-corrected chi connectivity index (χ2v) is 12.1. The molecule has 0 aromatic heterocycles. The maximum Gasteiger partial charge on any atom is 0.513 e. The molecule has 0 aliphatic rings. The lowest BCUT2D eigenvalue weighted by Crippen LogP contribution is -2.12. The van der Waals surface area contributed by atoms with Crippen molar-refractivity contribution in [3.8, 4) is 22.6 Å². The van der Waals surface area contributed by atoms with Crippen LogP contribution in [0.4, 0.5) is 9.59 Å². The molecule has 8 heteroatoms. The molecular weight excluding hydrogens is 688 g/mol. The number of rotatable bonds is 7. The zero-order valence-electron chi connectivity index (χ0n) is 24.1. The van der Waals surface area contributed by atoms with Crippen LogP contribution in [-0.2, 0) is 9.47 Å². The number of hydrogen-bond donors (Lipinski definition) is 0. The van der Waals surface area contributed by atoms with Crippen molar-refractivity contribution >= 4 is 87.3 Å². The van der Waals surface area contributed by atoms with Gasteiger partial charge in [-0.05, 0) is 81.9 Å². The molecule has 0 aliphatic heterocycles. The summed E-state index contributed by atoms with van der Waals surface area (Å²) in [5.74, 6) is 0.864. The Bertz CT molecular complexity index is 1920. The van der Waals surface area contributed by atoms with Gasteiger partial charge in [0.2, 0.25) is 0 Å². The van der Waals surface area contributed by atoms with Crippen molar-refractivity contribution in [1.29, 1.82) is 0 Å². The van der Waals surface area contributed by atoms with Crippen LogP contribution in [-0.4, -0.2) is 25.5 Å². The van der Waals surface area contributed by atoms with Crippen molar-refractivity contribution in [2.75, 3.05) is 13.2 Å². The molecule has 44 heavy (non-hydrogen) atoms. The van der Waals surface area contributed by atoms with E-state index in [-0.39, 0.29) is 13.2 Å². The molecule has 0 N–H and O–H groups in total. The molecule has 0 spiro atoms. The Morgan fingerprint density at radius 1 is 0.523 bits per heavy atom. The number of carbonyl (C=O) groups is 2. The van der Waals surface area contributed by atoms with E-state index in [1.807, 2.05) is 98.8 Å². The van der Waals surface area contributed by atoms with Gasteiger partial charge in [0.05, 0.1) is 13.2 Å². The van der Waals surface area contributed by atoms with Crippen LogP contribution in [0.25, 0.3) is 54.2 Å². The fourth-order valence-electron chi connectivity index (χ4n) is 5.58. The Balaban J connectivity index is 1.74. The van der Waals surface area contributed by atoms with Gasteiger partial charge in [-0.15, -0.1) is 0 Å². The molecule has 0 fully saturated rings. The zero-order chi connectivity index (χ0) is 30.8. The molecule has 0 aliphatic carbocycles. The van der Waals surface area contributed by atoms with Crippen molar-refractivity contribution in [2.24, 2.45) is 0 Å². The second kappa shape index (κ2) is 12.8. The van der Waals surface area contributed by atoms with E-state index in [0.717, 1.165) is 63.2 Å². The molecule has 6 aromatic rings. The van der Waals surface area contributed by atoms with Crippen LogP contribution in [0.2, 0.25) is 0 Å². The number of carbonyl (C=O) groups excluding carboxylic acids is 2. The van der Waals surface area contributed by atoms with Crippen molar-refractivity contribution < 1.29 is 28.5 Å². The van der Waals surface area contributed by atoms with Crippen LogP contribution in [0.3, 0.4) is 0 Å². The highest BCUT2D eigenvalue weighted by Crippen LogP contribution is 2.50. The van der Waals surface area contributed by atoms with Gasteiger partial charge in [-0.1, -0.05) is 94.2 Å². The molecule has 0 saturated carbocycles. The van der Waals surface area contributed by atoms with Crippen molar-refractivity contribution in [2.45, 2.75) is 26.7 Å². The Kier molecular flexibility index (Phi) is 8.73. The SMILES string of the molecule is CCCOC(=O)Oc1c2ccccc2c(-c2c3ccccc3c(OC(=O)OCCC)c3ccc(Br)cc23)c2cc(Br)ccc12. The molecule has 0 radical (unpaired) electrons. The average Bonchev–Trinajstić information content (AvgIpc) is 3.03. The third kappa shape index (κ3) is 5.60. The van der Waals surface area contributed by atoms with Crippen LogP contribution < -0.4 is 9.47 Å². The lowest BCUT2D eigenvalue weighted by molar-refractivity contribution is 0.0991. The number of hydrogen-bond acceptors (Lipinski definition) is 6. The average molecular weight is 716 g/mol. The summed E-state index contributed by atoms with van der Waals surface area (Å²) in [5.41, 5.74) is 1.90. The van der Waals surface area contributed by atoms with Crippen LogP contribution in [0, 0.1) is 0 Å². The molecule has 0 amide bonds. The van der Waals surface area contributed by atoms with E-state index >= 15 is 0 Å². The van der Waals surface area contributed by atoms with Gasteiger partial charge in [0.15, 0.2) is 0 Å². The van der Waals surface area contributed by atoms with Crippen LogP contribution >= 0.6 is 31.9 Å². The fraction of sp³-hybridized carbons (Fsp3) is 0.167. The van der Waals surface area contributed by atoms with Gasteiger partial charge in [0.25, 0.3) is 0 Å². The van der Waals surface area contributed by atoms with Gasteiger partial charge in [-0.3, -0.25) is 0 Å². The first kappa shape index (κ1) is 29.9. The van der Waals surface area contributed by atoms with Crippen LogP contribution in [0.5, 0.6) is 11.5 Å². The summed E-state index contributed by atoms with van der Waals surface area (Å²) in [6, 6.07) is 27.5. The van der Waals surface area contributed by atoms with E-state index in [2.05, 4.69) is 31.9 Å². The summed E-state index contributed by atoms with van der Waals surface area (Å²) in [7, 11) is 0. The van der Waals surface area contributed by atoms with Crippen molar-refractivity contribution in [1.82, 2.24) is 0 Å². The third-order valence-corrected chi connectivity index (χ3v) is 8.33. The zero-order valence-corrected chi connectivity index (χ0v) is 27.3. The van der Waals surface area contributed by atoms with Crippen molar-refractivity contribution in [3.63, 3.8) is 0 Å². The molecule has 6 aromatic carbocycles. The lowest BCUT2D eigenvalue weighted by Gasteiger charge is -2.21. The standard InChI is InChI=1S/C36H28Br2O6/c1-3-17-41-35(39)43-33-25-11-7-5-9-23(25)31(29-19-21(37)13-15-27(29)33)32-24-10-6-8-12-26(24)34(44-36(40)42-18-4-2)28-16-14-22(38)20-30(28)32/h5-16,19-20H,3-4,17-18H2,1-2H3. The lowest BCUT2D eigenvalue weighted by atomic mass is 9.85. The Labute approximate surface area is 271 Å². The normalized spacial score (nSPS) is 11.3. The Hall–Kier alpha value is -4.14. The quantitative estimate of drug-likeness (QED) is 0.0931. The minimum atomic E-state index is -0.745. The van der Waals surface area contributed by atoms with E-state index in [4.69, 9.17) is 18.9 Å². The predicted molar refractivity (Wildman–Crippen MR) is 182 cm³/mol. The molecule has 222 valence electrons. The van der Waals surface area contributed by atoms with E-state index < -0.39 is 12.3 Å². The molecule has 0 bridgehead atoms. The molecule has 0 atom stereocenters. The predicted octanol–water partition coefficient (Wildman–Crippen LogP) is 11.3. The third-order valence-electron chi connectivity index (χ3n) is 7.34. The van der Waals surface area contributed by atoms with E-state index in [1.165, 1.54) is 0 Å². The number of ether oxygens (including phenoxy) is 4. The van der Waals surface area contributed by atoms with Crippen LogP contribution in [0.15, 0.2) is 93.9 Å². The van der Waals surface area contributed by atoms with Gasteiger partial charge in [-0.25, -0.2) is 9.59 Å². The smallest absolute Gasteiger partial charge is 0.434 e. The van der Waals surface area contributed by atoms with Crippen LogP contribution in [0.1, 0.15) is 26.7 Å². The van der Waals surface area contributed by atoms with Gasteiger partial charge in [0.1, 0.15) is 11.5 Å². The highest BCUT2D eigenvalue weighted by molar-refractivity contribution is 9.10. The summed E-state index contributed by atoms with van der Waals surface area (Å²) < 4.78 is 24.2. The first-order valence-electron chi connectivity index (χ1n) is 14.4. The monoisotopic (exact) mass is 714 g/mol. The molecule has 0 heterocycles. The fourth-order valence-corrected chi connectivity index (χ4v) is 6.30. The highest BCUT2D eigenvalue weighted by atomic mass is 79.9. The minimum Gasteiger partial charge on any atom is -0.434 e. The highest BCUT2D eigenvalue weighted by Gasteiger charge is 2.25.